The second-order valence-corrected chi connectivity index (χ2v) is 8.75. The molecule has 38 heavy (non-hydrogen) atoms. The molecule has 2 amide bonds. The maximum Gasteiger partial charge on any atom is 0.407 e. The van der Waals surface area contributed by atoms with E-state index in [2.05, 4.69) is 30.7 Å². The van der Waals surface area contributed by atoms with Crippen LogP contribution in [0.3, 0.4) is 0 Å². The summed E-state index contributed by atoms with van der Waals surface area (Å²) in [5.41, 5.74) is 3.08. The van der Waals surface area contributed by atoms with Gasteiger partial charge in [0.05, 0.1) is 17.6 Å². The first kappa shape index (κ1) is 24.6. The largest absolute Gasteiger partial charge is 0.465 e. The summed E-state index contributed by atoms with van der Waals surface area (Å²) in [5, 5.41) is 19.6. The Bertz CT molecular complexity index is 1470. The van der Waals surface area contributed by atoms with Gasteiger partial charge in [0, 0.05) is 69.1 Å². The third-order valence-electron chi connectivity index (χ3n) is 6.05. The quantitative estimate of drug-likeness (QED) is 0.350. The highest BCUT2D eigenvalue weighted by atomic mass is 16.4. The number of anilines is 4. The summed E-state index contributed by atoms with van der Waals surface area (Å²) in [6.07, 6.45) is 5.49. The van der Waals surface area contributed by atoms with Crippen molar-refractivity contribution >= 4 is 35.1 Å². The van der Waals surface area contributed by atoms with E-state index in [1.807, 2.05) is 24.0 Å². The Balaban J connectivity index is 1.45. The summed E-state index contributed by atoms with van der Waals surface area (Å²) < 4.78 is 1.53. The molecule has 0 aliphatic carbocycles. The number of carboxylic acid groups (broad SMARTS) is 1. The molecule has 1 aliphatic rings. The van der Waals surface area contributed by atoms with E-state index in [0.717, 1.165) is 17.1 Å². The first-order valence-corrected chi connectivity index (χ1v) is 11.9. The number of carbonyl (C=O) groups is 2. The third-order valence-corrected chi connectivity index (χ3v) is 6.05. The molecule has 13 heteroatoms. The van der Waals surface area contributed by atoms with E-state index in [1.54, 1.807) is 50.0 Å². The van der Waals surface area contributed by atoms with Gasteiger partial charge in [-0.25, -0.2) is 19.7 Å². The van der Waals surface area contributed by atoms with Crippen LogP contribution < -0.4 is 15.5 Å². The Morgan fingerprint density at radius 1 is 0.974 bits per heavy atom. The van der Waals surface area contributed by atoms with Gasteiger partial charge in [0.1, 0.15) is 23.1 Å². The van der Waals surface area contributed by atoms with Crippen LogP contribution in [0.4, 0.5) is 27.9 Å². The molecule has 0 radical (unpaired) electrons. The van der Waals surface area contributed by atoms with Crippen LogP contribution >= 0.6 is 0 Å². The van der Waals surface area contributed by atoms with Crippen LogP contribution in [-0.4, -0.2) is 77.9 Å². The summed E-state index contributed by atoms with van der Waals surface area (Å²) in [6.45, 7) is 3.71. The minimum Gasteiger partial charge on any atom is -0.465 e. The van der Waals surface area contributed by atoms with Crippen molar-refractivity contribution in [2.24, 2.45) is 7.05 Å². The Kier molecular flexibility index (Phi) is 6.80. The zero-order valence-electron chi connectivity index (χ0n) is 20.9. The van der Waals surface area contributed by atoms with Gasteiger partial charge in [-0.05, 0) is 31.2 Å². The van der Waals surface area contributed by atoms with E-state index in [9.17, 15) is 14.7 Å². The molecule has 13 nitrogen and oxygen atoms in total. The number of pyridine rings is 2. The lowest BCUT2D eigenvalue weighted by molar-refractivity contribution is 0.101. The Morgan fingerprint density at radius 2 is 1.79 bits per heavy atom. The minimum absolute atomic E-state index is 0.303. The molecule has 0 unspecified atom stereocenters. The van der Waals surface area contributed by atoms with E-state index in [4.69, 9.17) is 4.98 Å². The van der Waals surface area contributed by atoms with E-state index in [0.29, 0.717) is 54.9 Å². The van der Waals surface area contributed by atoms with E-state index in [-0.39, 0.29) is 5.91 Å². The Hall–Kier alpha value is -5.07. The molecule has 0 spiro atoms. The smallest absolute Gasteiger partial charge is 0.407 e. The zero-order chi connectivity index (χ0) is 26.6. The molecule has 1 saturated heterocycles. The van der Waals surface area contributed by atoms with Gasteiger partial charge < -0.3 is 25.5 Å². The average molecular weight is 515 g/mol. The molecule has 1 aliphatic heterocycles. The number of hydrogen-bond acceptors (Lipinski definition) is 9. The molecule has 194 valence electrons. The molecule has 4 aromatic rings. The van der Waals surface area contributed by atoms with E-state index < -0.39 is 6.09 Å². The first-order chi connectivity index (χ1) is 18.4. The number of piperazine rings is 1. The fourth-order valence-electron chi connectivity index (χ4n) is 4.21. The van der Waals surface area contributed by atoms with Gasteiger partial charge in [-0.1, -0.05) is 0 Å². The first-order valence-electron chi connectivity index (χ1n) is 11.9. The van der Waals surface area contributed by atoms with Crippen LogP contribution in [0.5, 0.6) is 0 Å². The van der Waals surface area contributed by atoms with Crippen LogP contribution in [0.25, 0.3) is 11.3 Å². The molecule has 5 rings (SSSR count). The lowest BCUT2D eigenvalue weighted by Gasteiger charge is -2.33. The van der Waals surface area contributed by atoms with Crippen molar-refractivity contribution in [3.05, 3.63) is 66.5 Å². The molecule has 0 saturated carbocycles. The SMILES string of the molecule is Cc1cc(C(=O)Nc2cc(Nc3cnccn3)nc(-c3ccnc(N4CCN(C(=O)O)CC4)c3)c2)n(C)n1. The number of aryl methyl sites for hydroxylation is 2. The van der Waals surface area contributed by atoms with Crippen LogP contribution in [0.15, 0.2) is 55.1 Å². The van der Waals surface area contributed by atoms with Crippen molar-refractivity contribution in [3.63, 3.8) is 0 Å². The molecule has 0 atom stereocenters. The monoisotopic (exact) mass is 514 g/mol. The van der Waals surface area contributed by atoms with Crippen LogP contribution in [-0.2, 0) is 7.05 Å². The topological polar surface area (TPSA) is 154 Å². The maximum absolute atomic E-state index is 13.0. The third kappa shape index (κ3) is 5.51. The van der Waals surface area contributed by atoms with Crippen molar-refractivity contribution in [2.75, 3.05) is 41.7 Å². The molecular formula is C25H26N10O3. The van der Waals surface area contributed by atoms with Gasteiger partial charge in [0.2, 0.25) is 0 Å². The van der Waals surface area contributed by atoms with Crippen molar-refractivity contribution in [3.8, 4) is 11.3 Å². The zero-order valence-corrected chi connectivity index (χ0v) is 20.9. The molecule has 3 N–H and O–H groups in total. The summed E-state index contributed by atoms with van der Waals surface area (Å²) in [4.78, 5) is 45.2. The van der Waals surface area contributed by atoms with Gasteiger partial charge in [-0.15, -0.1) is 0 Å². The van der Waals surface area contributed by atoms with E-state index >= 15 is 0 Å². The number of carbonyl (C=O) groups excluding carboxylic acids is 1. The van der Waals surface area contributed by atoms with Gasteiger partial charge in [-0.2, -0.15) is 5.10 Å². The van der Waals surface area contributed by atoms with Crippen molar-refractivity contribution < 1.29 is 14.7 Å². The normalized spacial score (nSPS) is 13.3. The summed E-state index contributed by atoms with van der Waals surface area (Å²) in [6, 6.07) is 8.95. The Morgan fingerprint density at radius 3 is 2.47 bits per heavy atom. The number of hydrogen-bond donors (Lipinski definition) is 3. The van der Waals surface area contributed by atoms with Gasteiger partial charge in [-0.3, -0.25) is 14.5 Å². The van der Waals surface area contributed by atoms with Crippen LogP contribution in [0.1, 0.15) is 16.2 Å². The summed E-state index contributed by atoms with van der Waals surface area (Å²) in [5.74, 6) is 1.39. The predicted molar refractivity (Wildman–Crippen MR) is 140 cm³/mol. The Labute approximate surface area is 218 Å². The number of aromatic nitrogens is 6. The fraction of sp³-hybridized carbons (Fsp3) is 0.240. The molecular weight excluding hydrogens is 488 g/mol. The lowest BCUT2D eigenvalue weighted by atomic mass is 10.1. The highest BCUT2D eigenvalue weighted by Gasteiger charge is 2.22. The number of nitrogens with zero attached hydrogens (tertiary/aromatic N) is 8. The molecule has 4 aromatic heterocycles. The van der Waals surface area contributed by atoms with Crippen LogP contribution in [0, 0.1) is 6.92 Å². The second-order valence-electron chi connectivity index (χ2n) is 8.75. The number of nitrogens with one attached hydrogen (secondary N) is 2. The average Bonchev–Trinajstić information content (AvgIpc) is 3.27. The number of rotatable bonds is 6. The summed E-state index contributed by atoms with van der Waals surface area (Å²) in [7, 11) is 1.72. The molecule has 0 aromatic carbocycles. The lowest BCUT2D eigenvalue weighted by Crippen LogP contribution is -2.48. The van der Waals surface area contributed by atoms with Crippen LogP contribution in [0.2, 0.25) is 0 Å². The highest BCUT2D eigenvalue weighted by molar-refractivity contribution is 6.03. The van der Waals surface area contributed by atoms with Gasteiger partial charge in [0.15, 0.2) is 0 Å². The summed E-state index contributed by atoms with van der Waals surface area (Å²) >= 11 is 0. The fourth-order valence-corrected chi connectivity index (χ4v) is 4.21. The highest BCUT2D eigenvalue weighted by Crippen LogP contribution is 2.28. The van der Waals surface area contributed by atoms with Crippen molar-refractivity contribution in [1.29, 1.82) is 0 Å². The molecule has 0 bridgehead atoms. The predicted octanol–water partition coefficient (Wildman–Crippen LogP) is 2.77. The molecule has 5 heterocycles. The minimum atomic E-state index is -0.918. The van der Waals surface area contributed by atoms with Crippen molar-refractivity contribution in [2.45, 2.75) is 6.92 Å². The standard InChI is InChI=1S/C25H26N10O3/c1-16-11-20(33(2)32-16)24(36)29-18-13-19(30-21(14-18)31-22-15-26-5-6-27-22)17-3-4-28-23(12-17)34-7-9-35(10-8-34)25(37)38/h3-6,11-15H,7-10H2,1-2H3,(H,37,38)(H2,27,29,30,31,36). The molecule has 1 fully saturated rings. The van der Waals surface area contributed by atoms with Gasteiger partial charge in [0.25, 0.3) is 5.91 Å². The van der Waals surface area contributed by atoms with Crippen molar-refractivity contribution in [1.82, 2.24) is 34.6 Å². The van der Waals surface area contributed by atoms with Gasteiger partial charge >= 0.3 is 6.09 Å². The second kappa shape index (κ2) is 10.5. The maximum atomic E-state index is 13.0. The van der Waals surface area contributed by atoms with E-state index in [1.165, 1.54) is 9.58 Å². The number of amides is 2.